The van der Waals surface area contributed by atoms with Gasteiger partial charge in [0, 0.05) is 19.1 Å². The van der Waals surface area contributed by atoms with Crippen LogP contribution in [-0.4, -0.2) is 25.2 Å². The molecule has 0 saturated heterocycles. The van der Waals surface area contributed by atoms with Crippen molar-refractivity contribution in [3.8, 4) is 0 Å². The van der Waals surface area contributed by atoms with Gasteiger partial charge in [0.1, 0.15) is 0 Å². The van der Waals surface area contributed by atoms with E-state index in [9.17, 15) is 4.79 Å². The van der Waals surface area contributed by atoms with E-state index in [4.69, 9.17) is 5.73 Å². The van der Waals surface area contributed by atoms with Crippen molar-refractivity contribution in [3.05, 3.63) is 0 Å². The maximum absolute atomic E-state index is 11.2. The first-order valence-corrected chi connectivity index (χ1v) is 5.07. The van der Waals surface area contributed by atoms with E-state index in [-0.39, 0.29) is 30.8 Å². The molecule has 0 unspecified atom stereocenters. The van der Waals surface area contributed by atoms with Gasteiger partial charge in [-0.1, -0.05) is 19.3 Å². The average molecular weight is 258 g/mol. The van der Waals surface area contributed by atoms with Crippen molar-refractivity contribution < 1.29 is 4.79 Å². The summed E-state index contributed by atoms with van der Waals surface area (Å²) >= 11 is 0. The second-order valence-corrected chi connectivity index (χ2v) is 3.52. The number of nitrogens with two attached hydrogens (primary N) is 1. The highest BCUT2D eigenvalue weighted by molar-refractivity contribution is 5.85. The molecule has 15 heavy (non-hydrogen) atoms. The van der Waals surface area contributed by atoms with E-state index in [2.05, 4.69) is 10.6 Å². The van der Waals surface area contributed by atoms with Gasteiger partial charge in [0.25, 0.3) is 0 Å². The van der Waals surface area contributed by atoms with Crippen LogP contribution in [-0.2, 0) is 0 Å². The Labute approximate surface area is 104 Å². The summed E-state index contributed by atoms with van der Waals surface area (Å²) in [6.45, 7) is 1.05. The molecule has 0 atom stereocenters. The number of hydrogen-bond acceptors (Lipinski definition) is 2. The Morgan fingerprint density at radius 3 is 2.33 bits per heavy atom. The first-order valence-electron chi connectivity index (χ1n) is 5.07. The molecule has 1 rings (SSSR count). The molecule has 0 heterocycles. The first-order chi connectivity index (χ1) is 6.33. The highest BCUT2D eigenvalue weighted by Crippen LogP contribution is 2.16. The maximum Gasteiger partial charge on any atom is 0.315 e. The summed E-state index contributed by atoms with van der Waals surface area (Å²) in [6.07, 6.45) is 6.03. The molecule has 2 amide bonds. The number of carbonyl (C=O) groups is 1. The van der Waals surface area contributed by atoms with Crippen LogP contribution in [0.15, 0.2) is 0 Å². The van der Waals surface area contributed by atoms with Gasteiger partial charge in [-0.2, -0.15) is 0 Å². The maximum atomic E-state index is 11.2. The molecule has 0 aromatic carbocycles. The van der Waals surface area contributed by atoms with Crippen molar-refractivity contribution in [3.63, 3.8) is 0 Å². The summed E-state index contributed by atoms with van der Waals surface area (Å²) in [5, 5.41) is 5.65. The lowest BCUT2D eigenvalue weighted by Crippen LogP contribution is -2.44. The molecule has 0 bridgehead atoms. The summed E-state index contributed by atoms with van der Waals surface area (Å²) in [5.74, 6) is 0. The smallest absolute Gasteiger partial charge is 0.315 e. The summed E-state index contributed by atoms with van der Waals surface area (Å²) in [4.78, 5) is 11.2. The second-order valence-electron chi connectivity index (χ2n) is 3.52. The fraction of sp³-hybridized carbons (Fsp3) is 0.889. The number of carbonyl (C=O) groups excluding carboxylic acids is 1. The summed E-state index contributed by atoms with van der Waals surface area (Å²) in [6, 6.07) is 0.309. The molecule has 0 spiro atoms. The lowest BCUT2D eigenvalue weighted by Gasteiger charge is -2.22. The van der Waals surface area contributed by atoms with Crippen LogP contribution in [0, 0.1) is 0 Å². The van der Waals surface area contributed by atoms with Crippen LogP contribution in [0.3, 0.4) is 0 Å². The Morgan fingerprint density at radius 1 is 1.20 bits per heavy atom. The lowest BCUT2D eigenvalue weighted by atomic mass is 9.96. The van der Waals surface area contributed by atoms with Crippen LogP contribution in [0.2, 0.25) is 0 Å². The standard InChI is InChI=1S/C9H19N3O.2ClH/c10-6-7-11-9(13)12-8-4-2-1-3-5-8;;/h8H,1-7,10H2,(H2,11,12,13);2*1H. The van der Waals surface area contributed by atoms with Crippen LogP contribution in [0.4, 0.5) is 4.79 Å². The normalized spacial score (nSPS) is 15.8. The van der Waals surface area contributed by atoms with Gasteiger partial charge < -0.3 is 16.4 Å². The van der Waals surface area contributed by atoms with Gasteiger partial charge in [-0.15, -0.1) is 24.8 Å². The highest BCUT2D eigenvalue weighted by atomic mass is 35.5. The number of urea groups is 1. The number of rotatable bonds is 3. The molecular weight excluding hydrogens is 237 g/mol. The predicted octanol–water partition coefficient (Wildman–Crippen LogP) is 1.42. The van der Waals surface area contributed by atoms with E-state index in [0.717, 1.165) is 12.8 Å². The van der Waals surface area contributed by atoms with Crippen molar-refractivity contribution in [1.29, 1.82) is 0 Å². The molecule has 1 fully saturated rings. The van der Waals surface area contributed by atoms with Crippen molar-refractivity contribution >= 4 is 30.8 Å². The minimum Gasteiger partial charge on any atom is -0.337 e. The molecule has 1 aliphatic rings. The van der Waals surface area contributed by atoms with E-state index >= 15 is 0 Å². The second kappa shape index (κ2) is 10.3. The highest BCUT2D eigenvalue weighted by Gasteiger charge is 2.14. The fourth-order valence-corrected chi connectivity index (χ4v) is 1.67. The van der Waals surface area contributed by atoms with Gasteiger partial charge in [-0.05, 0) is 12.8 Å². The zero-order valence-corrected chi connectivity index (χ0v) is 10.5. The molecule has 6 heteroatoms. The van der Waals surface area contributed by atoms with E-state index in [0.29, 0.717) is 19.1 Å². The number of hydrogen-bond donors (Lipinski definition) is 3. The van der Waals surface area contributed by atoms with Gasteiger partial charge in [-0.3, -0.25) is 0 Å². The van der Waals surface area contributed by atoms with E-state index in [1.54, 1.807) is 0 Å². The molecule has 92 valence electrons. The van der Waals surface area contributed by atoms with Crippen molar-refractivity contribution in [2.75, 3.05) is 13.1 Å². The fourth-order valence-electron chi connectivity index (χ4n) is 1.67. The molecule has 0 radical (unpaired) electrons. The number of halogens is 2. The third kappa shape index (κ3) is 7.71. The molecule has 4 N–H and O–H groups in total. The zero-order valence-electron chi connectivity index (χ0n) is 8.83. The quantitative estimate of drug-likeness (QED) is 0.716. The van der Waals surface area contributed by atoms with Crippen LogP contribution in [0.1, 0.15) is 32.1 Å². The SMILES string of the molecule is Cl.Cl.NCCNC(=O)NC1CCCCC1. The van der Waals surface area contributed by atoms with Gasteiger partial charge in [0.05, 0.1) is 0 Å². The molecule has 0 aliphatic heterocycles. The Hall–Kier alpha value is -0.190. The number of nitrogens with one attached hydrogen (secondary N) is 2. The largest absolute Gasteiger partial charge is 0.337 e. The van der Waals surface area contributed by atoms with Gasteiger partial charge in [-0.25, -0.2) is 4.79 Å². The Bertz CT molecular complexity index is 163. The van der Waals surface area contributed by atoms with Gasteiger partial charge in [0.2, 0.25) is 0 Å². The Morgan fingerprint density at radius 2 is 1.80 bits per heavy atom. The monoisotopic (exact) mass is 257 g/mol. The van der Waals surface area contributed by atoms with Crippen LogP contribution < -0.4 is 16.4 Å². The minimum absolute atomic E-state index is 0. The third-order valence-electron chi connectivity index (χ3n) is 2.37. The minimum atomic E-state index is -0.0719. The summed E-state index contributed by atoms with van der Waals surface area (Å²) in [5.41, 5.74) is 5.27. The van der Waals surface area contributed by atoms with Crippen LogP contribution >= 0.6 is 24.8 Å². The summed E-state index contributed by atoms with van der Waals surface area (Å²) in [7, 11) is 0. The van der Waals surface area contributed by atoms with Crippen LogP contribution in [0.25, 0.3) is 0 Å². The van der Waals surface area contributed by atoms with Crippen molar-refractivity contribution in [1.82, 2.24) is 10.6 Å². The zero-order chi connectivity index (χ0) is 9.52. The predicted molar refractivity (Wildman–Crippen MR) is 67.0 cm³/mol. The van der Waals surface area contributed by atoms with Crippen molar-refractivity contribution in [2.24, 2.45) is 5.73 Å². The van der Waals surface area contributed by atoms with E-state index in [1.165, 1.54) is 19.3 Å². The van der Waals surface area contributed by atoms with E-state index in [1.807, 2.05) is 0 Å². The topological polar surface area (TPSA) is 67.1 Å². The molecular formula is C9H21Cl2N3O. The van der Waals surface area contributed by atoms with Gasteiger partial charge in [0.15, 0.2) is 0 Å². The molecule has 0 aromatic heterocycles. The Balaban J connectivity index is 0. The van der Waals surface area contributed by atoms with E-state index < -0.39 is 0 Å². The Kier molecular flexibility index (Phi) is 11.9. The van der Waals surface area contributed by atoms with Crippen molar-refractivity contribution in [2.45, 2.75) is 38.1 Å². The first kappa shape index (κ1) is 17.2. The van der Waals surface area contributed by atoms with Crippen LogP contribution in [0.5, 0.6) is 0 Å². The summed E-state index contributed by atoms with van der Waals surface area (Å²) < 4.78 is 0. The molecule has 1 saturated carbocycles. The third-order valence-corrected chi connectivity index (χ3v) is 2.37. The molecule has 1 aliphatic carbocycles. The van der Waals surface area contributed by atoms with Gasteiger partial charge >= 0.3 is 6.03 Å². The molecule has 4 nitrogen and oxygen atoms in total. The average Bonchev–Trinajstić information content (AvgIpc) is 2.16. The molecule has 0 aromatic rings. The number of amides is 2. The lowest BCUT2D eigenvalue weighted by molar-refractivity contribution is 0.233.